The lowest BCUT2D eigenvalue weighted by molar-refractivity contribution is -0.136. The van der Waals surface area contributed by atoms with Crippen molar-refractivity contribution in [2.24, 2.45) is 4.99 Å². The lowest BCUT2D eigenvalue weighted by Gasteiger charge is -2.24. The first kappa shape index (κ1) is 20.8. The van der Waals surface area contributed by atoms with Gasteiger partial charge in [0.25, 0.3) is 5.56 Å². The summed E-state index contributed by atoms with van der Waals surface area (Å²) in [6, 6.07) is 17.4. The van der Waals surface area contributed by atoms with Gasteiger partial charge in [0, 0.05) is 5.39 Å². The molecular weight excluding hydrogens is 440 g/mol. The van der Waals surface area contributed by atoms with Crippen molar-refractivity contribution in [1.82, 2.24) is 4.57 Å². The van der Waals surface area contributed by atoms with Gasteiger partial charge in [-0.3, -0.25) is 9.36 Å². The van der Waals surface area contributed by atoms with E-state index in [2.05, 4.69) is 4.99 Å². The Balaban J connectivity index is 1.76. The van der Waals surface area contributed by atoms with Crippen molar-refractivity contribution < 1.29 is 13.9 Å². The minimum absolute atomic E-state index is 0.263. The molecule has 0 fully saturated rings. The van der Waals surface area contributed by atoms with Gasteiger partial charge in [-0.25, -0.2) is 14.6 Å². The molecule has 0 radical (unpaired) electrons. The quantitative estimate of drug-likeness (QED) is 0.348. The summed E-state index contributed by atoms with van der Waals surface area (Å²) in [6.45, 7) is 1.72. The number of thiazole rings is 1. The van der Waals surface area contributed by atoms with Crippen LogP contribution in [0.5, 0.6) is 0 Å². The van der Waals surface area contributed by atoms with Gasteiger partial charge in [0.2, 0.25) is 0 Å². The number of carbonyl (C=O) groups excluding carboxylic acids is 1. The highest BCUT2D eigenvalue weighted by atomic mass is 32.1. The Bertz CT molecular complexity index is 1680. The maximum Gasteiger partial charge on any atom is 0.343 e. The van der Waals surface area contributed by atoms with Crippen LogP contribution in [0, 0.1) is 0 Å². The molecule has 33 heavy (non-hydrogen) atoms. The van der Waals surface area contributed by atoms with Crippen molar-refractivity contribution in [2.45, 2.75) is 13.0 Å². The molecule has 0 aliphatic carbocycles. The predicted molar refractivity (Wildman–Crippen MR) is 125 cm³/mol. The second kappa shape index (κ2) is 8.14. The summed E-state index contributed by atoms with van der Waals surface area (Å²) in [5.41, 5.74) is 1.38. The van der Waals surface area contributed by atoms with Crippen molar-refractivity contribution in [1.29, 1.82) is 0 Å². The highest BCUT2D eigenvalue weighted by Gasteiger charge is 2.32. The van der Waals surface area contributed by atoms with Gasteiger partial charge in [-0.1, -0.05) is 59.9 Å². The number of methoxy groups -OCH3 is 1. The van der Waals surface area contributed by atoms with Crippen molar-refractivity contribution in [3.05, 3.63) is 113 Å². The summed E-state index contributed by atoms with van der Waals surface area (Å²) in [5, 5.41) is 0.752. The third-order valence-corrected chi connectivity index (χ3v) is 6.48. The first-order valence-electron chi connectivity index (χ1n) is 10.2. The number of fused-ring (bicyclic) bond motifs is 2. The Hall–Kier alpha value is -4.04. The SMILES string of the molecule is COC(=O)C1=C(C)N=c2sc(=Cc3cc4ccccc4oc3=O)c(=O)n2C1c1ccccc1. The summed E-state index contributed by atoms with van der Waals surface area (Å²) in [5.74, 6) is -0.547. The number of hydrogen-bond donors (Lipinski definition) is 0. The summed E-state index contributed by atoms with van der Waals surface area (Å²) in [4.78, 5) is 43.6. The molecule has 0 saturated carbocycles. The van der Waals surface area contributed by atoms with E-state index in [1.807, 2.05) is 42.5 Å². The van der Waals surface area contributed by atoms with E-state index < -0.39 is 17.6 Å². The highest BCUT2D eigenvalue weighted by Crippen LogP contribution is 2.30. The van der Waals surface area contributed by atoms with E-state index in [0.717, 1.165) is 22.3 Å². The number of nitrogens with zero attached hydrogens (tertiary/aromatic N) is 2. The molecule has 1 aliphatic heterocycles. The van der Waals surface area contributed by atoms with Gasteiger partial charge in [-0.15, -0.1) is 0 Å². The monoisotopic (exact) mass is 458 g/mol. The van der Waals surface area contributed by atoms with Gasteiger partial charge < -0.3 is 9.15 Å². The molecule has 0 N–H and O–H groups in total. The maximum absolute atomic E-state index is 13.5. The summed E-state index contributed by atoms with van der Waals surface area (Å²) in [6.07, 6.45) is 1.52. The van der Waals surface area contributed by atoms with E-state index >= 15 is 0 Å². The third kappa shape index (κ3) is 3.54. The van der Waals surface area contributed by atoms with Crippen LogP contribution in [0.2, 0.25) is 0 Å². The average molecular weight is 458 g/mol. The molecule has 1 aliphatic rings. The predicted octanol–water partition coefficient (Wildman–Crippen LogP) is 2.51. The van der Waals surface area contributed by atoms with Gasteiger partial charge in [0.05, 0.1) is 34.5 Å². The number of aromatic nitrogens is 1. The molecule has 164 valence electrons. The first-order chi connectivity index (χ1) is 16.0. The van der Waals surface area contributed by atoms with E-state index in [4.69, 9.17) is 9.15 Å². The van der Waals surface area contributed by atoms with Crippen LogP contribution in [0.4, 0.5) is 0 Å². The number of benzene rings is 2. The second-order valence-corrected chi connectivity index (χ2v) is 8.52. The van der Waals surface area contributed by atoms with Gasteiger partial charge in [-0.05, 0) is 30.7 Å². The Morgan fingerprint density at radius 3 is 2.61 bits per heavy atom. The molecule has 4 aromatic rings. The van der Waals surface area contributed by atoms with Crippen molar-refractivity contribution in [2.75, 3.05) is 7.11 Å². The molecule has 0 bridgehead atoms. The Morgan fingerprint density at radius 2 is 1.85 bits per heavy atom. The van der Waals surface area contributed by atoms with Crippen molar-refractivity contribution in [3.63, 3.8) is 0 Å². The number of allylic oxidation sites excluding steroid dienone is 1. The van der Waals surface area contributed by atoms with E-state index in [1.165, 1.54) is 17.8 Å². The van der Waals surface area contributed by atoms with Crippen LogP contribution in [-0.4, -0.2) is 17.6 Å². The van der Waals surface area contributed by atoms with Crippen LogP contribution in [0.15, 0.2) is 90.9 Å². The summed E-state index contributed by atoms with van der Waals surface area (Å²) < 4.78 is 12.2. The molecular formula is C25H18N2O5S. The highest BCUT2D eigenvalue weighted by molar-refractivity contribution is 7.07. The Labute approximate surface area is 191 Å². The number of ether oxygens (including phenoxy) is 1. The lowest BCUT2D eigenvalue weighted by Crippen LogP contribution is -2.39. The molecule has 0 saturated heterocycles. The van der Waals surface area contributed by atoms with Crippen LogP contribution in [0.25, 0.3) is 17.0 Å². The number of hydrogen-bond acceptors (Lipinski definition) is 7. The molecule has 8 heteroatoms. The van der Waals surface area contributed by atoms with Crippen molar-refractivity contribution in [3.8, 4) is 0 Å². The van der Waals surface area contributed by atoms with E-state index in [1.54, 1.807) is 25.1 Å². The van der Waals surface area contributed by atoms with Crippen LogP contribution in [0.1, 0.15) is 24.1 Å². The van der Waals surface area contributed by atoms with Gasteiger partial charge in [-0.2, -0.15) is 0 Å². The van der Waals surface area contributed by atoms with E-state index in [0.29, 0.717) is 26.2 Å². The molecule has 0 spiro atoms. The topological polar surface area (TPSA) is 90.9 Å². The molecule has 7 nitrogen and oxygen atoms in total. The lowest BCUT2D eigenvalue weighted by atomic mass is 9.96. The zero-order valence-electron chi connectivity index (χ0n) is 17.8. The molecule has 2 aromatic carbocycles. The van der Waals surface area contributed by atoms with E-state index in [-0.39, 0.29) is 11.1 Å². The minimum Gasteiger partial charge on any atom is -0.466 e. The van der Waals surface area contributed by atoms with Crippen LogP contribution >= 0.6 is 11.3 Å². The summed E-state index contributed by atoms with van der Waals surface area (Å²) >= 11 is 1.16. The number of esters is 1. The number of carbonyl (C=O) groups is 1. The van der Waals surface area contributed by atoms with Crippen LogP contribution < -0.4 is 20.5 Å². The fraction of sp³-hybridized carbons (Fsp3) is 0.120. The Kier molecular flexibility index (Phi) is 5.14. The normalized spacial score (nSPS) is 15.9. The third-order valence-electron chi connectivity index (χ3n) is 5.50. The number of rotatable bonds is 3. The average Bonchev–Trinajstić information content (AvgIpc) is 3.13. The fourth-order valence-electron chi connectivity index (χ4n) is 3.96. The van der Waals surface area contributed by atoms with Gasteiger partial charge >= 0.3 is 11.6 Å². The fourth-order valence-corrected chi connectivity index (χ4v) is 5.00. The van der Waals surface area contributed by atoms with Gasteiger partial charge in [0.1, 0.15) is 5.58 Å². The van der Waals surface area contributed by atoms with E-state index in [9.17, 15) is 14.4 Å². The largest absolute Gasteiger partial charge is 0.466 e. The summed E-state index contributed by atoms with van der Waals surface area (Å²) in [7, 11) is 1.30. The molecule has 1 atom stereocenters. The number of para-hydroxylation sites is 1. The minimum atomic E-state index is -0.690. The molecule has 5 rings (SSSR count). The maximum atomic E-state index is 13.5. The molecule has 3 heterocycles. The molecule has 2 aromatic heterocycles. The standard InChI is InChI=1S/C25H18N2O5S/c1-14-20(24(30)31-2)21(15-8-4-3-5-9-15)27-22(28)19(33-25(27)26-14)13-17-12-16-10-6-7-11-18(16)32-23(17)29/h3-13,21H,1-2H3. The molecule has 0 amide bonds. The smallest absolute Gasteiger partial charge is 0.343 e. The second-order valence-electron chi connectivity index (χ2n) is 7.51. The zero-order valence-corrected chi connectivity index (χ0v) is 18.6. The zero-order chi connectivity index (χ0) is 23.1. The molecule has 1 unspecified atom stereocenters. The first-order valence-corrected chi connectivity index (χ1v) is 11.0. The van der Waals surface area contributed by atoms with Crippen LogP contribution in [0.3, 0.4) is 0 Å². The van der Waals surface area contributed by atoms with Crippen molar-refractivity contribution >= 4 is 34.4 Å². The Morgan fingerprint density at radius 1 is 1.12 bits per heavy atom. The van der Waals surface area contributed by atoms with Gasteiger partial charge in [0.15, 0.2) is 4.80 Å². The van der Waals surface area contributed by atoms with Crippen LogP contribution in [-0.2, 0) is 9.53 Å².